The summed E-state index contributed by atoms with van der Waals surface area (Å²) in [5.74, 6) is -0.249. The molecule has 0 bridgehead atoms. The van der Waals surface area contributed by atoms with E-state index in [0.29, 0.717) is 13.0 Å². The third kappa shape index (κ3) is 6.37. The van der Waals surface area contributed by atoms with Gasteiger partial charge in [-0.05, 0) is 35.6 Å². The fourth-order valence-corrected chi connectivity index (χ4v) is 2.56. The van der Waals surface area contributed by atoms with Crippen LogP contribution in [0.4, 0.5) is 0 Å². The molecule has 0 radical (unpaired) electrons. The highest BCUT2D eigenvalue weighted by Crippen LogP contribution is 2.17. The summed E-state index contributed by atoms with van der Waals surface area (Å²) < 4.78 is 0. The van der Waals surface area contributed by atoms with Crippen molar-refractivity contribution < 1.29 is 9.59 Å². The maximum atomic E-state index is 12.5. The Morgan fingerprint density at radius 2 is 1.64 bits per heavy atom. The van der Waals surface area contributed by atoms with Gasteiger partial charge >= 0.3 is 0 Å². The Morgan fingerprint density at radius 3 is 2.28 bits per heavy atom. The zero-order chi connectivity index (χ0) is 18.1. The average molecular weight is 339 g/mol. The van der Waals surface area contributed by atoms with E-state index in [1.54, 1.807) is 12.4 Å². The van der Waals surface area contributed by atoms with Crippen molar-refractivity contribution in [2.24, 2.45) is 11.8 Å². The number of aromatic nitrogens is 1. The number of nitrogens with one attached hydrogen (secondary N) is 2. The summed E-state index contributed by atoms with van der Waals surface area (Å²) in [4.78, 5) is 28.3. The predicted octanol–water partition coefficient (Wildman–Crippen LogP) is 2.33. The van der Waals surface area contributed by atoms with E-state index in [0.717, 1.165) is 11.1 Å². The average Bonchev–Trinajstić information content (AvgIpc) is 2.64. The number of nitrogens with zero attached hydrogens (tertiary/aromatic N) is 1. The highest BCUT2D eigenvalue weighted by molar-refractivity contribution is 5.86. The lowest BCUT2D eigenvalue weighted by Crippen LogP contribution is -2.41. The molecule has 0 aliphatic rings. The van der Waals surface area contributed by atoms with Crippen molar-refractivity contribution in [2.45, 2.75) is 26.8 Å². The Balaban J connectivity index is 1.81. The molecule has 1 aromatic heterocycles. The molecule has 0 aliphatic heterocycles. The van der Waals surface area contributed by atoms with Gasteiger partial charge < -0.3 is 10.6 Å². The van der Waals surface area contributed by atoms with Crippen LogP contribution in [-0.2, 0) is 22.6 Å². The van der Waals surface area contributed by atoms with E-state index in [-0.39, 0.29) is 30.2 Å². The first-order valence-corrected chi connectivity index (χ1v) is 8.53. The topological polar surface area (TPSA) is 71.1 Å². The minimum atomic E-state index is -0.202. The molecule has 25 heavy (non-hydrogen) atoms. The Labute approximate surface area is 148 Å². The molecule has 0 aliphatic carbocycles. The van der Waals surface area contributed by atoms with Crippen molar-refractivity contribution in [3.05, 3.63) is 66.0 Å². The van der Waals surface area contributed by atoms with Crippen LogP contribution in [0.1, 0.15) is 25.0 Å². The number of carbonyl (C=O) groups is 2. The summed E-state index contributed by atoms with van der Waals surface area (Å²) in [6.45, 7) is 4.46. The molecule has 2 rings (SSSR count). The monoisotopic (exact) mass is 339 g/mol. The van der Waals surface area contributed by atoms with Gasteiger partial charge in [0.15, 0.2) is 0 Å². The van der Waals surface area contributed by atoms with E-state index in [1.165, 1.54) is 0 Å². The lowest BCUT2D eigenvalue weighted by molar-refractivity contribution is -0.129. The van der Waals surface area contributed by atoms with Crippen molar-refractivity contribution in [1.29, 1.82) is 0 Å². The van der Waals surface area contributed by atoms with Crippen LogP contribution in [-0.4, -0.2) is 23.3 Å². The Bertz CT molecular complexity index is 672. The van der Waals surface area contributed by atoms with Crippen LogP contribution in [0, 0.1) is 11.8 Å². The van der Waals surface area contributed by atoms with E-state index < -0.39 is 0 Å². The van der Waals surface area contributed by atoms with Gasteiger partial charge in [0.05, 0.1) is 6.54 Å². The Morgan fingerprint density at radius 1 is 0.960 bits per heavy atom. The standard InChI is InChI=1S/C20H25N3O2/c1-15(2)18(12-16-6-4-3-5-7-16)20(25)23-14-19(24)22-13-17-8-10-21-11-9-17/h3-11,15,18H,12-14H2,1-2H3,(H,22,24)(H,23,25)/t18-/m0/s1. The molecule has 132 valence electrons. The molecule has 0 saturated heterocycles. The molecular weight excluding hydrogens is 314 g/mol. The SMILES string of the molecule is CC(C)[C@H](Cc1ccccc1)C(=O)NCC(=O)NCc1ccncc1. The van der Waals surface area contributed by atoms with Gasteiger partial charge in [-0.15, -0.1) is 0 Å². The lowest BCUT2D eigenvalue weighted by Gasteiger charge is -2.20. The fraction of sp³-hybridized carbons (Fsp3) is 0.350. The number of pyridine rings is 1. The van der Waals surface area contributed by atoms with Gasteiger partial charge in [0.25, 0.3) is 0 Å². The number of hydrogen-bond donors (Lipinski definition) is 2. The first kappa shape index (κ1) is 18.6. The minimum absolute atomic E-state index is 0.0120. The fourth-order valence-electron chi connectivity index (χ4n) is 2.56. The van der Waals surface area contributed by atoms with Crippen LogP contribution < -0.4 is 10.6 Å². The van der Waals surface area contributed by atoms with Gasteiger partial charge in [-0.3, -0.25) is 14.6 Å². The first-order valence-electron chi connectivity index (χ1n) is 8.53. The highest BCUT2D eigenvalue weighted by atomic mass is 16.2. The zero-order valence-corrected chi connectivity index (χ0v) is 14.7. The van der Waals surface area contributed by atoms with Crippen LogP contribution in [0.15, 0.2) is 54.9 Å². The molecule has 0 saturated carbocycles. The van der Waals surface area contributed by atoms with Crippen LogP contribution in [0.25, 0.3) is 0 Å². The zero-order valence-electron chi connectivity index (χ0n) is 14.7. The highest BCUT2D eigenvalue weighted by Gasteiger charge is 2.22. The van der Waals surface area contributed by atoms with Crippen molar-refractivity contribution >= 4 is 11.8 Å². The molecular formula is C20H25N3O2. The van der Waals surface area contributed by atoms with Crippen LogP contribution in [0.5, 0.6) is 0 Å². The second-order valence-corrected chi connectivity index (χ2v) is 6.39. The summed E-state index contributed by atoms with van der Waals surface area (Å²) in [6, 6.07) is 13.6. The number of rotatable bonds is 8. The van der Waals surface area contributed by atoms with E-state index in [2.05, 4.69) is 15.6 Å². The summed E-state index contributed by atoms with van der Waals surface area (Å²) in [6.07, 6.45) is 4.03. The molecule has 2 N–H and O–H groups in total. The minimum Gasteiger partial charge on any atom is -0.350 e. The summed E-state index contributed by atoms with van der Waals surface area (Å²) in [7, 11) is 0. The largest absolute Gasteiger partial charge is 0.350 e. The maximum absolute atomic E-state index is 12.5. The van der Waals surface area contributed by atoms with E-state index in [1.807, 2.05) is 56.3 Å². The van der Waals surface area contributed by atoms with Crippen molar-refractivity contribution in [2.75, 3.05) is 6.54 Å². The quantitative estimate of drug-likeness (QED) is 0.775. The molecule has 2 amide bonds. The van der Waals surface area contributed by atoms with Gasteiger partial charge in [0.1, 0.15) is 0 Å². The van der Waals surface area contributed by atoms with Crippen LogP contribution in [0.2, 0.25) is 0 Å². The van der Waals surface area contributed by atoms with E-state index in [9.17, 15) is 9.59 Å². The summed E-state index contributed by atoms with van der Waals surface area (Å²) in [5, 5.41) is 5.55. The smallest absolute Gasteiger partial charge is 0.239 e. The number of hydrogen-bond acceptors (Lipinski definition) is 3. The molecule has 2 aromatic rings. The van der Waals surface area contributed by atoms with Gasteiger partial charge in [0.2, 0.25) is 11.8 Å². The molecule has 0 spiro atoms. The van der Waals surface area contributed by atoms with Crippen molar-refractivity contribution in [3.63, 3.8) is 0 Å². The molecule has 0 fully saturated rings. The summed E-state index contributed by atoms with van der Waals surface area (Å²) >= 11 is 0. The molecule has 1 heterocycles. The van der Waals surface area contributed by atoms with Gasteiger partial charge in [-0.25, -0.2) is 0 Å². The maximum Gasteiger partial charge on any atom is 0.239 e. The molecule has 5 nitrogen and oxygen atoms in total. The Hall–Kier alpha value is -2.69. The Kier molecular flexibility index (Phi) is 7.14. The summed E-state index contributed by atoms with van der Waals surface area (Å²) in [5.41, 5.74) is 2.09. The third-order valence-corrected chi connectivity index (χ3v) is 4.10. The first-order chi connectivity index (χ1) is 12.1. The van der Waals surface area contributed by atoms with Gasteiger partial charge in [0, 0.05) is 24.9 Å². The second kappa shape index (κ2) is 9.57. The number of carbonyl (C=O) groups excluding carboxylic acids is 2. The van der Waals surface area contributed by atoms with E-state index in [4.69, 9.17) is 0 Å². The number of benzene rings is 1. The van der Waals surface area contributed by atoms with Crippen molar-refractivity contribution in [1.82, 2.24) is 15.6 Å². The number of amides is 2. The second-order valence-electron chi connectivity index (χ2n) is 6.39. The van der Waals surface area contributed by atoms with Crippen molar-refractivity contribution in [3.8, 4) is 0 Å². The molecule has 1 aromatic carbocycles. The van der Waals surface area contributed by atoms with Crippen LogP contribution in [0.3, 0.4) is 0 Å². The molecule has 5 heteroatoms. The molecule has 0 unspecified atom stereocenters. The third-order valence-electron chi connectivity index (χ3n) is 4.10. The van der Waals surface area contributed by atoms with Gasteiger partial charge in [-0.1, -0.05) is 44.2 Å². The van der Waals surface area contributed by atoms with Crippen LogP contribution >= 0.6 is 0 Å². The molecule has 1 atom stereocenters. The normalized spacial score (nSPS) is 11.8. The predicted molar refractivity (Wildman–Crippen MR) is 97.6 cm³/mol. The van der Waals surface area contributed by atoms with Gasteiger partial charge in [-0.2, -0.15) is 0 Å². The lowest BCUT2D eigenvalue weighted by atomic mass is 9.88. The van der Waals surface area contributed by atoms with E-state index >= 15 is 0 Å².